The monoisotopic (exact) mass is 218 g/mol. The van der Waals surface area contributed by atoms with E-state index < -0.39 is 24.4 Å². The van der Waals surface area contributed by atoms with Crippen LogP contribution in [0.25, 0.3) is 0 Å². The van der Waals surface area contributed by atoms with Crippen molar-refractivity contribution < 1.29 is 19.1 Å². The maximum Gasteiger partial charge on any atom is 0.307 e. The van der Waals surface area contributed by atoms with Crippen molar-refractivity contribution in [3.63, 3.8) is 0 Å². The van der Waals surface area contributed by atoms with Gasteiger partial charge in [-0.15, -0.1) is 0 Å². The second-order valence-corrected chi connectivity index (χ2v) is 3.24. The third-order valence-corrected chi connectivity index (χ3v) is 1.40. The van der Waals surface area contributed by atoms with Gasteiger partial charge in [0, 0.05) is 12.8 Å². The van der Waals surface area contributed by atoms with Gasteiger partial charge < -0.3 is 9.47 Å². The molecule has 0 saturated heterocycles. The Hall–Kier alpha value is -1.14. The summed E-state index contributed by atoms with van der Waals surface area (Å²) in [5.74, 6) is -0.836. The molecule has 2 atom stereocenters. The van der Waals surface area contributed by atoms with Crippen molar-refractivity contribution in [2.24, 2.45) is 11.5 Å². The number of ether oxygens (including phenoxy) is 2. The Morgan fingerprint density at radius 2 is 1.33 bits per heavy atom. The van der Waals surface area contributed by atoms with Crippen LogP contribution in [0.5, 0.6) is 0 Å². The summed E-state index contributed by atoms with van der Waals surface area (Å²) in [5.41, 5.74) is 10.5. The van der Waals surface area contributed by atoms with E-state index in [9.17, 15) is 9.59 Å². The highest BCUT2D eigenvalue weighted by atomic mass is 16.6. The zero-order valence-corrected chi connectivity index (χ0v) is 9.06. The zero-order chi connectivity index (χ0) is 11.8. The minimum absolute atomic E-state index is 0.148. The molecular weight excluding hydrogens is 200 g/mol. The predicted molar refractivity (Wildman–Crippen MR) is 53.3 cm³/mol. The summed E-state index contributed by atoms with van der Waals surface area (Å²) < 4.78 is 9.35. The zero-order valence-electron chi connectivity index (χ0n) is 9.06. The largest absolute Gasteiger partial charge is 0.447 e. The van der Waals surface area contributed by atoms with Crippen LogP contribution in [0.3, 0.4) is 0 Å². The van der Waals surface area contributed by atoms with Crippen LogP contribution in [-0.4, -0.2) is 24.4 Å². The standard InChI is InChI=1S/C9H18N2O4/c1-6(10)14-8(12)4-3-5-9(13)15-7(2)11/h6-7H,3-5,10-11H2,1-2H3. The number of carbonyl (C=O) groups excluding carboxylic acids is 2. The fraction of sp³-hybridized carbons (Fsp3) is 0.778. The summed E-state index contributed by atoms with van der Waals surface area (Å²) in [7, 11) is 0. The van der Waals surface area contributed by atoms with E-state index in [1.54, 1.807) is 13.8 Å². The van der Waals surface area contributed by atoms with E-state index in [1.807, 2.05) is 0 Å². The molecule has 88 valence electrons. The van der Waals surface area contributed by atoms with Gasteiger partial charge >= 0.3 is 11.9 Å². The van der Waals surface area contributed by atoms with Gasteiger partial charge in [-0.3, -0.25) is 21.1 Å². The van der Waals surface area contributed by atoms with Gasteiger partial charge in [0.25, 0.3) is 0 Å². The lowest BCUT2D eigenvalue weighted by molar-refractivity contribution is -0.149. The van der Waals surface area contributed by atoms with Crippen LogP contribution in [0.4, 0.5) is 0 Å². The highest BCUT2D eigenvalue weighted by Crippen LogP contribution is 2.01. The lowest BCUT2D eigenvalue weighted by Crippen LogP contribution is -2.24. The highest BCUT2D eigenvalue weighted by Gasteiger charge is 2.09. The summed E-state index contributed by atoms with van der Waals surface area (Å²) >= 11 is 0. The lowest BCUT2D eigenvalue weighted by Gasteiger charge is -2.08. The number of hydrogen-bond donors (Lipinski definition) is 2. The number of rotatable bonds is 6. The number of hydrogen-bond acceptors (Lipinski definition) is 6. The fourth-order valence-electron chi connectivity index (χ4n) is 0.910. The molecule has 2 unspecified atom stereocenters. The van der Waals surface area contributed by atoms with Crippen molar-refractivity contribution >= 4 is 11.9 Å². The van der Waals surface area contributed by atoms with Crippen LogP contribution < -0.4 is 11.5 Å². The third-order valence-electron chi connectivity index (χ3n) is 1.40. The van der Waals surface area contributed by atoms with E-state index >= 15 is 0 Å². The summed E-state index contributed by atoms with van der Waals surface area (Å²) in [5, 5.41) is 0. The molecule has 0 aromatic carbocycles. The molecule has 0 radical (unpaired) electrons. The molecule has 0 bridgehead atoms. The van der Waals surface area contributed by atoms with Crippen LogP contribution in [0.15, 0.2) is 0 Å². The van der Waals surface area contributed by atoms with Gasteiger partial charge in [-0.25, -0.2) is 0 Å². The molecule has 0 aromatic rings. The van der Waals surface area contributed by atoms with Crippen LogP contribution >= 0.6 is 0 Å². The van der Waals surface area contributed by atoms with Gasteiger partial charge in [-0.2, -0.15) is 0 Å². The Kier molecular flexibility index (Phi) is 6.64. The summed E-state index contributed by atoms with van der Waals surface area (Å²) in [6, 6.07) is 0. The molecule has 0 aliphatic heterocycles. The quantitative estimate of drug-likeness (QED) is 0.474. The molecule has 0 aliphatic rings. The molecule has 15 heavy (non-hydrogen) atoms. The van der Waals surface area contributed by atoms with Crippen LogP contribution in [0.1, 0.15) is 33.1 Å². The van der Waals surface area contributed by atoms with E-state index in [2.05, 4.69) is 9.47 Å². The Morgan fingerprint density at radius 1 is 1.00 bits per heavy atom. The first kappa shape index (κ1) is 13.9. The number of carbonyl (C=O) groups is 2. The normalized spacial score (nSPS) is 14.1. The van der Waals surface area contributed by atoms with Gasteiger partial charge in [0.1, 0.15) is 12.5 Å². The third kappa shape index (κ3) is 9.17. The van der Waals surface area contributed by atoms with Crippen LogP contribution in [-0.2, 0) is 19.1 Å². The molecule has 0 saturated carbocycles. The summed E-state index contributed by atoms with van der Waals surface area (Å²) in [6.07, 6.45) is -0.565. The second kappa shape index (κ2) is 7.19. The van der Waals surface area contributed by atoms with Crippen molar-refractivity contribution in [2.45, 2.75) is 45.6 Å². The Bertz CT molecular complexity index is 194. The van der Waals surface area contributed by atoms with Gasteiger partial charge in [0.05, 0.1) is 0 Å². The summed E-state index contributed by atoms with van der Waals surface area (Å²) in [6.45, 7) is 3.12. The van der Waals surface area contributed by atoms with E-state index in [-0.39, 0.29) is 12.8 Å². The fourth-order valence-corrected chi connectivity index (χ4v) is 0.910. The van der Waals surface area contributed by atoms with E-state index in [1.165, 1.54) is 0 Å². The molecule has 0 amide bonds. The molecule has 0 rings (SSSR count). The lowest BCUT2D eigenvalue weighted by atomic mass is 10.2. The molecule has 0 spiro atoms. The minimum atomic E-state index is -0.617. The van der Waals surface area contributed by atoms with E-state index in [0.29, 0.717) is 6.42 Å². The molecule has 0 aliphatic carbocycles. The average Bonchev–Trinajstić information content (AvgIpc) is 2.00. The van der Waals surface area contributed by atoms with Crippen molar-refractivity contribution in [1.29, 1.82) is 0 Å². The maximum atomic E-state index is 11.0. The average molecular weight is 218 g/mol. The van der Waals surface area contributed by atoms with Crippen molar-refractivity contribution in [3.05, 3.63) is 0 Å². The smallest absolute Gasteiger partial charge is 0.307 e. The number of esters is 2. The molecule has 6 heteroatoms. The van der Waals surface area contributed by atoms with Gasteiger partial charge in [0.2, 0.25) is 0 Å². The minimum Gasteiger partial charge on any atom is -0.447 e. The van der Waals surface area contributed by atoms with Crippen molar-refractivity contribution in [2.75, 3.05) is 0 Å². The molecular formula is C9H18N2O4. The predicted octanol–water partition coefficient (Wildman–Crippen LogP) is -0.147. The summed E-state index contributed by atoms with van der Waals surface area (Å²) in [4.78, 5) is 22.0. The molecule has 0 fully saturated rings. The van der Waals surface area contributed by atoms with Gasteiger partial charge in [-0.05, 0) is 20.3 Å². The van der Waals surface area contributed by atoms with E-state index in [0.717, 1.165) is 0 Å². The first-order chi connectivity index (χ1) is 6.91. The topological polar surface area (TPSA) is 105 Å². The number of nitrogens with two attached hydrogens (primary N) is 2. The first-order valence-electron chi connectivity index (χ1n) is 4.82. The Labute approximate surface area is 88.9 Å². The highest BCUT2D eigenvalue weighted by molar-refractivity contribution is 5.72. The molecule has 6 nitrogen and oxygen atoms in total. The van der Waals surface area contributed by atoms with Crippen molar-refractivity contribution in [1.82, 2.24) is 0 Å². The van der Waals surface area contributed by atoms with Crippen LogP contribution in [0.2, 0.25) is 0 Å². The Balaban J connectivity index is 3.53. The SMILES string of the molecule is CC(N)OC(=O)CCCC(=O)OC(C)N. The molecule has 0 aromatic heterocycles. The molecule has 4 N–H and O–H groups in total. The maximum absolute atomic E-state index is 11.0. The Morgan fingerprint density at radius 3 is 1.60 bits per heavy atom. The second-order valence-electron chi connectivity index (χ2n) is 3.24. The van der Waals surface area contributed by atoms with Gasteiger partial charge in [0.15, 0.2) is 0 Å². The first-order valence-corrected chi connectivity index (χ1v) is 4.82. The van der Waals surface area contributed by atoms with Crippen LogP contribution in [0, 0.1) is 0 Å². The van der Waals surface area contributed by atoms with Gasteiger partial charge in [-0.1, -0.05) is 0 Å². The molecule has 0 heterocycles. The van der Waals surface area contributed by atoms with E-state index in [4.69, 9.17) is 11.5 Å². The van der Waals surface area contributed by atoms with Crippen molar-refractivity contribution in [3.8, 4) is 0 Å².